The summed E-state index contributed by atoms with van der Waals surface area (Å²) in [5.41, 5.74) is 0. The summed E-state index contributed by atoms with van der Waals surface area (Å²) >= 11 is 0. The zero-order valence-electron chi connectivity index (χ0n) is 14.3. The number of carbonyl (C=O) groups is 1. The van der Waals surface area contributed by atoms with Gasteiger partial charge in [0.1, 0.15) is 0 Å². The van der Waals surface area contributed by atoms with Gasteiger partial charge in [-0.25, -0.2) is 0 Å². The first-order valence-corrected chi connectivity index (χ1v) is 8.71. The fourth-order valence-electron chi connectivity index (χ4n) is 3.26. The van der Waals surface area contributed by atoms with E-state index < -0.39 is 11.7 Å². The van der Waals surface area contributed by atoms with Crippen molar-refractivity contribution in [2.24, 2.45) is 11.8 Å². The molecule has 2 heterocycles. The zero-order valence-corrected chi connectivity index (χ0v) is 14.3. The summed E-state index contributed by atoms with van der Waals surface area (Å²) in [6.07, 6.45) is 4.04. The van der Waals surface area contributed by atoms with Crippen LogP contribution in [0.3, 0.4) is 0 Å². The Bertz CT molecular complexity index is 358. The van der Waals surface area contributed by atoms with E-state index in [1.165, 1.54) is 0 Å². The predicted octanol–water partition coefficient (Wildman–Crippen LogP) is 1.89. The van der Waals surface area contributed by atoms with Gasteiger partial charge in [0.15, 0.2) is 5.79 Å². The highest BCUT2D eigenvalue weighted by Gasteiger charge is 2.41. The monoisotopic (exact) mass is 330 g/mol. The molecule has 0 bridgehead atoms. The Morgan fingerprint density at radius 2 is 2.04 bits per heavy atom. The molecule has 0 amide bonds. The number of aliphatic hydroxyl groups is 1. The van der Waals surface area contributed by atoms with Gasteiger partial charge in [0.2, 0.25) is 0 Å². The molecule has 2 rings (SSSR count). The molecule has 2 aliphatic rings. The normalized spacial score (nSPS) is 25.0. The maximum atomic E-state index is 12.1. The van der Waals surface area contributed by atoms with E-state index in [2.05, 4.69) is 0 Å². The molecule has 0 radical (unpaired) electrons. The van der Waals surface area contributed by atoms with Gasteiger partial charge in [-0.15, -0.1) is 0 Å². The van der Waals surface area contributed by atoms with Crippen molar-refractivity contribution in [3.05, 3.63) is 0 Å². The smallest absolute Gasteiger partial charge is 0.311 e. The van der Waals surface area contributed by atoms with E-state index in [0.717, 1.165) is 38.9 Å². The number of rotatable bonds is 9. The molecule has 0 saturated carbocycles. The van der Waals surface area contributed by atoms with Gasteiger partial charge in [-0.1, -0.05) is 0 Å². The van der Waals surface area contributed by atoms with Crippen molar-refractivity contribution >= 4 is 5.97 Å². The Labute approximate surface area is 138 Å². The van der Waals surface area contributed by atoms with Gasteiger partial charge in [-0.2, -0.15) is 0 Å². The van der Waals surface area contributed by atoms with Crippen molar-refractivity contribution < 1.29 is 28.8 Å². The molecule has 6 nitrogen and oxygen atoms in total. The van der Waals surface area contributed by atoms with Gasteiger partial charge in [0.05, 0.1) is 31.8 Å². The van der Waals surface area contributed by atoms with Crippen LogP contribution in [-0.4, -0.2) is 56.0 Å². The van der Waals surface area contributed by atoms with Gasteiger partial charge in [-0.05, 0) is 39.0 Å². The van der Waals surface area contributed by atoms with Crippen molar-refractivity contribution in [2.75, 3.05) is 33.0 Å². The Morgan fingerprint density at radius 3 is 2.61 bits per heavy atom. The number of hydrogen-bond acceptors (Lipinski definition) is 6. The van der Waals surface area contributed by atoms with Gasteiger partial charge >= 0.3 is 5.97 Å². The van der Waals surface area contributed by atoms with Gasteiger partial charge in [-0.3, -0.25) is 4.79 Å². The molecule has 0 unspecified atom stereocenters. The average Bonchev–Trinajstić information content (AvgIpc) is 3.16. The molecule has 0 aromatic carbocycles. The second-order valence-corrected chi connectivity index (χ2v) is 6.80. The molecule has 6 heteroatoms. The third-order valence-electron chi connectivity index (χ3n) is 4.47. The third-order valence-corrected chi connectivity index (χ3v) is 4.47. The molecule has 2 saturated heterocycles. The van der Waals surface area contributed by atoms with Gasteiger partial charge in [0.25, 0.3) is 0 Å². The summed E-state index contributed by atoms with van der Waals surface area (Å²) in [5, 5.41) is 9.55. The van der Waals surface area contributed by atoms with Crippen LogP contribution >= 0.6 is 0 Å². The fraction of sp³-hybridized carbons (Fsp3) is 0.941. The lowest BCUT2D eigenvalue weighted by molar-refractivity contribution is -0.188. The first-order valence-electron chi connectivity index (χ1n) is 8.71. The van der Waals surface area contributed by atoms with Crippen LogP contribution in [0.15, 0.2) is 0 Å². The molecule has 2 fully saturated rings. The van der Waals surface area contributed by atoms with Crippen LogP contribution in [0.5, 0.6) is 0 Å². The first-order chi connectivity index (χ1) is 11.0. The Morgan fingerprint density at radius 1 is 1.30 bits per heavy atom. The lowest BCUT2D eigenvalue weighted by atomic mass is 9.93. The Kier molecular flexibility index (Phi) is 7.27. The van der Waals surface area contributed by atoms with E-state index in [1.54, 1.807) is 13.8 Å². The molecule has 134 valence electrons. The highest BCUT2D eigenvalue weighted by molar-refractivity contribution is 5.72. The highest BCUT2D eigenvalue weighted by Crippen LogP contribution is 2.34. The minimum atomic E-state index is -0.761. The SMILES string of the molecule is CC(C)OC(=O)[C@H](CO)CC1(CCC[C@@H]2CCOC2)OCCO1. The van der Waals surface area contributed by atoms with Gasteiger partial charge in [0, 0.05) is 26.1 Å². The van der Waals surface area contributed by atoms with E-state index in [9.17, 15) is 9.90 Å². The summed E-state index contributed by atoms with van der Waals surface area (Å²) in [4.78, 5) is 12.1. The molecular formula is C17H30O6. The van der Waals surface area contributed by atoms with E-state index in [1.807, 2.05) is 0 Å². The van der Waals surface area contributed by atoms with Crippen LogP contribution in [0.25, 0.3) is 0 Å². The molecule has 0 aromatic rings. The molecule has 0 aromatic heterocycles. The highest BCUT2D eigenvalue weighted by atomic mass is 16.7. The standard InChI is InChI=1S/C17H30O6/c1-13(2)23-16(19)15(11-18)10-17(21-8-9-22-17)6-3-4-14-5-7-20-12-14/h13-15,18H,3-12H2,1-2H3/t14-,15+/m1/s1. The van der Waals surface area contributed by atoms with Crippen molar-refractivity contribution in [3.63, 3.8) is 0 Å². The van der Waals surface area contributed by atoms with Crippen molar-refractivity contribution in [2.45, 2.75) is 57.8 Å². The Balaban J connectivity index is 1.86. The zero-order chi connectivity index (χ0) is 16.7. The molecule has 0 spiro atoms. The lowest BCUT2D eigenvalue weighted by Crippen LogP contribution is -2.37. The van der Waals surface area contributed by atoms with Crippen molar-refractivity contribution in [1.82, 2.24) is 0 Å². The van der Waals surface area contributed by atoms with Crippen LogP contribution < -0.4 is 0 Å². The quantitative estimate of drug-likeness (QED) is 0.651. The summed E-state index contributed by atoms with van der Waals surface area (Å²) in [5.74, 6) is -1.13. The van der Waals surface area contributed by atoms with Crippen molar-refractivity contribution in [3.8, 4) is 0 Å². The van der Waals surface area contributed by atoms with Crippen molar-refractivity contribution in [1.29, 1.82) is 0 Å². The van der Waals surface area contributed by atoms with E-state index in [4.69, 9.17) is 18.9 Å². The minimum Gasteiger partial charge on any atom is -0.463 e. The summed E-state index contributed by atoms with van der Waals surface area (Å²) in [7, 11) is 0. The summed E-state index contributed by atoms with van der Waals surface area (Å²) in [6, 6.07) is 0. The maximum Gasteiger partial charge on any atom is 0.311 e. The molecule has 2 atom stereocenters. The van der Waals surface area contributed by atoms with E-state index >= 15 is 0 Å². The molecule has 23 heavy (non-hydrogen) atoms. The molecule has 1 N–H and O–H groups in total. The largest absolute Gasteiger partial charge is 0.463 e. The Hall–Kier alpha value is -0.690. The number of hydrogen-bond donors (Lipinski definition) is 1. The first kappa shape index (κ1) is 18.6. The van der Waals surface area contributed by atoms with Crippen LogP contribution in [0.2, 0.25) is 0 Å². The number of carbonyl (C=O) groups excluding carboxylic acids is 1. The number of ether oxygens (including phenoxy) is 4. The number of esters is 1. The fourth-order valence-corrected chi connectivity index (χ4v) is 3.26. The average molecular weight is 330 g/mol. The number of aliphatic hydroxyl groups excluding tert-OH is 1. The van der Waals surface area contributed by atoms with E-state index in [0.29, 0.717) is 25.6 Å². The minimum absolute atomic E-state index is 0.194. The topological polar surface area (TPSA) is 74.2 Å². The third kappa shape index (κ3) is 5.71. The van der Waals surface area contributed by atoms with Gasteiger partial charge < -0.3 is 24.1 Å². The van der Waals surface area contributed by atoms with Crippen LogP contribution in [0, 0.1) is 11.8 Å². The molecule has 0 aliphatic carbocycles. The second-order valence-electron chi connectivity index (χ2n) is 6.80. The van der Waals surface area contributed by atoms with Crippen LogP contribution in [-0.2, 0) is 23.7 Å². The van der Waals surface area contributed by atoms with E-state index in [-0.39, 0.29) is 18.7 Å². The summed E-state index contributed by atoms with van der Waals surface area (Å²) < 4.78 is 22.3. The summed E-state index contributed by atoms with van der Waals surface area (Å²) in [6.45, 7) is 6.11. The van der Waals surface area contributed by atoms with Crippen LogP contribution in [0.1, 0.15) is 46.0 Å². The second kappa shape index (κ2) is 8.97. The molecular weight excluding hydrogens is 300 g/mol. The molecule has 2 aliphatic heterocycles. The lowest BCUT2D eigenvalue weighted by Gasteiger charge is -2.30. The predicted molar refractivity (Wildman–Crippen MR) is 83.8 cm³/mol. The maximum absolute atomic E-state index is 12.1. The van der Waals surface area contributed by atoms with Crippen LogP contribution in [0.4, 0.5) is 0 Å².